The zero-order valence-corrected chi connectivity index (χ0v) is 13.3. The summed E-state index contributed by atoms with van der Waals surface area (Å²) >= 11 is 0. The SMILES string of the molecule is CCCCCCN(CCCCCC)C(=O)C(N)CC. The van der Waals surface area contributed by atoms with Crippen LogP contribution in [0, 0.1) is 0 Å². The number of nitrogens with zero attached hydrogens (tertiary/aromatic N) is 1. The number of rotatable bonds is 12. The van der Waals surface area contributed by atoms with Gasteiger partial charge in [-0.1, -0.05) is 59.3 Å². The van der Waals surface area contributed by atoms with Gasteiger partial charge in [-0.15, -0.1) is 0 Å². The predicted octanol–water partition coefficient (Wildman–Crippen LogP) is 3.71. The molecule has 0 saturated carbocycles. The standard InChI is InChI=1S/C16H34N2O/c1-4-7-9-11-13-18(14-12-10-8-5-2)16(19)15(17)6-3/h15H,4-14,17H2,1-3H3. The Morgan fingerprint density at radius 1 is 0.895 bits per heavy atom. The van der Waals surface area contributed by atoms with Crippen LogP contribution in [0.15, 0.2) is 0 Å². The smallest absolute Gasteiger partial charge is 0.239 e. The van der Waals surface area contributed by atoms with Crippen LogP contribution in [0.2, 0.25) is 0 Å². The maximum absolute atomic E-state index is 12.2. The molecular weight excluding hydrogens is 236 g/mol. The summed E-state index contributed by atoms with van der Waals surface area (Å²) in [5, 5.41) is 0. The Hall–Kier alpha value is -0.570. The molecule has 19 heavy (non-hydrogen) atoms. The summed E-state index contributed by atoms with van der Waals surface area (Å²) in [5.74, 6) is 0.149. The van der Waals surface area contributed by atoms with E-state index in [2.05, 4.69) is 13.8 Å². The topological polar surface area (TPSA) is 46.3 Å². The predicted molar refractivity (Wildman–Crippen MR) is 83.1 cm³/mol. The molecule has 0 aromatic rings. The van der Waals surface area contributed by atoms with Gasteiger partial charge in [0.25, 0.3) is 0 Å². The third kappa shape index (κ3) is 9.04. The number of hydrogen-bond acceptors (Lipinski definition) is 2. The number of carbonyl (C=O) groups excluding carboxylic acids is 1. The first-order valence-corrected chi connectivity index (χ1v) is 8.21. The van der Waals surface area contributed by atoms with Crippen molar-refractivity contribution in [3.05, 3.63) is 0 Å². The third-order valence-corrected chi connectivity index (χ3v) is 3.63. The number of hydrogen-bond donors (Lipinski definition) is 1. The van der Waals surface area contributed by atoms with Crippen molar-refractivity contribution in [3.63, 3.8) is 0 Å². The van der Waals surface area contributed by atoms with Gasteiger partial charge in [-0.05, 0) is 19.3 Å². The molecular formula is C16H34N2O. The summed E-state index contributed by atoms with van der Waals surface area (Å²) in [6.45, 7) is 8.17. The van der Waals surface area contributed by atoms with Crippen LogP contribution in [0.5, 0.6) is 0 Å². The van der Waals surface area contributed by atoms with E-state index in [0.717, 1.165) is 32.4 Å². The first-order valence-electron chi connectivity index (χ1n) is 8.21. The first kappa shape index (κ1) is 18.4. The van der Waals surface area contributed by atoms with Crippen LogP contribution in [0.4, 0.5) is 0 Å². The molecule has 2 N–H and O–H groups in total. The fourth-order valence-corrected chi connectivity index (χ4v) is 2.20. The van der Waals surface area contributed by atoms with E-state index < -0.39 is 0 Å². The molecule has 3 nitrogen and oxygen atoms in total. The molecule has 114 valence electrons. The first-order chi connectivity index (χ1) is 9.17. The molecule has 0 aromatic heterocycles. The number of carbonyl (C=O) groups is 1. The largest absolute Gasteiger partial charge is 0.341 e. The van der Waals surface area contributed by atoms with Gasteiger partial charge in [0, 0.05) is 13.1 Å². The van der Waals surface area contributed by atoms with Crippen molar-refractivity contribution in [2.45, 2.75) is 84.6 Å². The molecule has 0 aromatic carbocycles. The van der Waals surface area contributed by atoms with Gasteiger partial charge in [0.1, 0.15) is 0 Å². The maximum Gasteiger partial charge on any atom is 0.239 e. The molecule has 0 spiro atoms. The van der Waals surface area contributed by atoms with Crippen LogP contribution in [0.1, 0.15) is 78.6 Å². The van der Waals surface area contributed by atoms with E-state index in [4.69, 9.17) is 5.73 Å². The maximum atomic E-state index is 12.2. The quantitative estimate of drug-likeness (QED) is 0.549. The highest BCUT2D eigenvalue weighted by molar-refractivity contribution is 5.81. The van der Waals surface area contributed by atoms with Gasteiger partial charge in [0.15, 0.2) is 0 Å². The second-order valence-electron chi connectivity index (χ2n) is 5.46. The fraction of sp³-hybridized carbons (Fsp3) is 0.938. The van der Waals surface area contributed by atoms with Gasteiger partial charge in [0.05, 0.1) is 6.04 Å². The molecule has 0 heterocycles. The Bertz CT molecular complexity index is 207. The summed E-state index contributed by atoms with van der Waals surface area (Å²) in [4.78, 5) is 14.2. The Kier molecular flexibility index (Phi) is 12.1. The summed E-state index contributed by atoms with van der Waals surface area (Å²) in [6, 6.07) is -0.308. The normalized spacial score (nSPS) is 12.4. The lowest BCUT2D eigenvalue weighted by Gasteiger charge is -2.25. The molecule has 0 saturated heterocycles. The molecule has 1 amide bonds. The Morgan fingerprint density at radius 2 is 1.37 bits per heavy atom. The second-order valence-corrected chi connectivity index (χ2v) is 5.46. The number of nitrogens with two attached hydrogens (primary N) is 1. The van der Waals surface area contributed by atoms with Crippen molar-refractivity contribution in [1.29, 1.82) is 0 Å². The molecule has 0 rings (SSSR count). The molecule has 0 aliphatic carbocycles. The molecule has 3 heteroatoms. The Labute approximate surface area is 119 Å². The summed E-state index contributed by atoms with van der Waals surface area (Å²) < 4.78 is 0. The van der Waals surface area contributed by atoms with Gasteiger partial charge < -0.3 is 10.6 Å². The molecule has 0 aliphatic heterocycles. The highest BCUT2D eigenvalue weighted by Gasteiger charge is 2.18. The van der Waals surface area contributed by atoms with Crippen LogP contribution < -0.4 is 5.73 Å². The van der Waals surface area contributed by atoms with E-state index in [1.165, 1.54) is 38.5 Å². The fourth-order valence-electron chi connectivity index (χ4n) is 2.20. The minimum absolute atomic E-state index is 0.149. The van der Waals surface area contributed by atoms with Crippen molar-refractivity contribution < 1.29 is 4.79 Å². The van der Waals surface area contributed by atoms with Gasteiger partial charge >= 0.3 is 0 Å². The molecule has 0 bridgehead atoms. The zero-order chi connectivity index (χ0) is 14.5. The molecule has 0 aliphatic rings. The third-order valence-electron chi connectivity index (χ3n) is 3.63. The molecule has 0 radical (unpaired) electrons. The van der Waals surface area contributed by atoms with E-state index >= 15 is 0 Å². The van der Waals surface area contributed by atoms with Gasteiger partial charge in [0.2, 0.25) is 5.91 Å². The molecule has 1 unspecified atom stereocenters. The lowest BCUT2D eigenvalue weighted by Crippen LogP contribution is -2.44. The summed E-state index contributed by atoms with van der Waals surface area (Å²) in [6.07, 6.45) is 10.4. The van der Waals surface area contributed by atoms with Crippen molar-refractivity contribution in [2.75, 3.05) is 13.1 Å². The average molecular weight is 270 g/mol. The van der Waals surface area contributed by atoms with Crippen LogP contribution >= 0.6 is 0 Å². The highest BCUT2D eigenvalue weighted by Crippen LogP contribution is 2.07. The second kappa shape index (κ2) is 12.5. The van der Waals surface area contributed by atoms with Crippen molar-refractivity contribution in [3.8, 4) is 0 Å². The average Bonchev–Trinajstić information content (AvgIpc) is 2.44. The van der Waals surface area contributed by atoms with E-state index in [-0.39, 0.29) is 11.9 Å². The Balaban J connectivity index is 4.09. The summed E-state index contributed by atoms with van der Waals surface area (Å²) in [7, 11) is 0. The lowest BCUT2D eigenvalue weighted by atomic mass is 10.1. The molecule has 0 fully saturated rings. The van der Waals surface area contributed by atoms with Crippen molar-refractivity contribution >= 4 is 5.91 Å². The lowest BCUT2D eigenvalue weighted by molar-refractivity contribution is -0.132. The van der Waals surface area contributed by atoms with Gasteiger partial charge in [-0.2, -0.15) is 0 Å². The van der Waals surface area contributed by atoms with E-state index in [1.807, 2.05) is 11.8 Å². The zero-order valence-electron chi connectivity index (χ0n) is 13.3. The van der Waals surface area contributed by atoms with Crippen LogP contribution in [-0.2, 0) is 4.79 Å². The molecule has 1 atom stereocenters. The minimum Gasteiger partial charge on any atom is -0.341 e. The summed E-state index contributed by atoms with van der Waals surface area (Å²) in [5.41, 5.74) is 5.89. The van der Waals surface area contributed by atoms with Crippen LogP contribution in [0.25, 0.3) is 0 Å². The van der Waals surface area contributed by atoms with E-state index in [9.17, 15) is 4.79 Å². The number of amides is 1. The van der Waals surface area contributed by atoms with Gasteiger partial charge in [-0.25, -0.2) is 0 Å². The van der Waals surface area contributed by atoms with Crippen molar-refractivity contribution in [2.24, 2.45) is 5.73 Å². The van der Waals surface area contributed by atoms with E-state index in [1.54, 1.807) is 0 Å². The van der Waals surface area contributed by atoms with E-state index in [0.29, 0.717) is 0 Å². The van der Waals surface area contributed by atoms with Gasteiger partial charge in [-0.3, -0.25) is 4.79 Å². The number of unbranched alkanes of at least 4 members (excludes halogenated alkanes) is 6. The van der Waals surface area contributed by atoms with Crippen LogP contribution in [-0.4, -0.2) is 29.9 Å². The van der Waals surface area contributed by atoms with Crippen LogP contribution in [0.3, 0.4) is 0 Å². The monoisotopic (exact) mass is 270 g/mol. The highest BCUT2D eigenvalue weighted by atomic mass is 16.2. The minimum atomic E-state index is -0.308. The Morgan fingerprint density at radius 3 is 1.74 bits per heavy atom. The van der Waals surface area contributed by atoms with Crippen molar-refractivity contribution in [1.82, 2.24) is 4.90 Å².